The molecule has 1 aliphatic carbocycles. The Hall–Kier alpha value is -2.51. The highest BCUT2D eigenvalue weighted by Gasteiger charge is 2.22. The van der Waals surface area contributed by atoms with Crippen molar-refractivity contribution in [2.75, 3.05) is 5.32 Å². The molecule has 4 nitrogen and oxygen atoms in total. The van der Waals surface area contributed by atoms with E-state index in [-0.39, 0.29) is 11.9 Å². The van der Waals surface area contributed by atoms with E-state index in [1.165, 1.54) is 0 Å². The highest BCUT2D eigenvalue weighted by molar-refractivity contribution is 6.33. The molecule has 1 saturated carbocycles. The third kappa shape index (κ3) is 4.56. The Labute approximate surface area is 158 Å². The van der Waals surface area contributed by atoms with Crippen LogP contribution in [0.2, 0.25) is 5.02 Å². The maximum absolute atomic E-state index is 11.3. The quantitative estimate of drug-likeness (QED) is 0.528. The minimum Gasteiger partial charge on any atom is -0.490 e. The monoisotopic (exact) mass is 368 g/mol. The summed E-state index contributed by atoms with van der Waals surface area (Å²) in [6, 6.07) is 13.3. The summed E-state index contributed by atoms with van der Waals surface area (Å²) in [5, 5.41) is 3.97. The van der Waals surface area contributed by atoms with Gasteiger partial charge in [-0.15, -0.1) is 0 Å². The molecule has 1 N–H and O–H groups in total. The third-order valence-corrected chi connectivity index (χ3v) is 4.98. The second-order valence-electron chi connectivity index (χ2n) is 6.59. The summed E-state index contributed by atoms with van der Waals surface area (Å²) in [5.74, 6) is 0.803. The Bertz CT molecular complexity index is 819. The van der Waals surface area contributed by atoms with Gasteiger partial charge in [-0.1, -0.05) is 17.7 Å². The first kappa shape index (κ1) is 18.3. The van der Waals surface area contributed by atoms with Crippen molar-refractivity contribution < 1.29 is 9.53 Å². The van der Waals surface area contributed by atoms with Gasteiger partial charge in [-0.3, -0.25) is 4.79 Å². The number of halogens is 1. The maximum atomic E-state index is 11.3. The molecule has 2 aromatic carbocycles. The predicted octanol–water partition coefficient (Wildman–Crippen LogP) is 5.90. The average Bonchev–Trinajstić information content (AvgIpc) is 2.64. The van der Waals surface area contributed by atoms with Crippen molar-refractivity contribution in [1.29, 1.82) is 0 Å². The van der Waals surface area contributed by atoms with Crippen molar-refractivity contribution in [3.8, 4) is 5.75 Å². The van der Waals surface area contributed by atoms with E-state index < -0.39 is 0 Å². The number of nitrogens with one attached hydrogen (secondary N) is 1. The Morgan fingerprint density at radius 3 is 2.42 bits per heavy atom. The zero-order chi connectivity index (χ0) is 18.5. The van der Waals surface area contributed by atoms with Crippen molar-refractivity contribution in [1.82, 2.24) is 0 Å². The van der Waals surface area contributed by atoms with Gasteiger partial charge < -0.3 is 10.1 Å². The average molecular weight is 369 g/mol. The number of Topliss-reactive ketones (excluding diaryl/α,β-unsaturated/α-hetero) is 1. The van der Waals surface area contributed by atoms with E-state index >= 15 is 0 Å². The fourth-order valence-corrected chi connectivity index (χ4v) is 3.42. The first-order valence-electron chi connectivity index (χ1n) is 8.76. The molecule has 134 valence electrons. The van der Waals surface area contributed by atoms with Crippen LogP contribution in [0.1, 0.15) is 43.0 Å². The Balaban J connectivity index is 1.50. The van der Waals surface area contributed by atoms with Gasteiger partial charge in [-0.25, -0.2) is 4.85 Å². The normalized spacial score (nSPS) is 19.4. The van der Waals surface area contributed by atoms with Gasteiger partial charge in [0.05, 0.1) is 17.7 Å². The topological polar surface area (TPSA) is 42.7 Å². The Kier molecular flexibility index (Phi) is 5.80. The van der Waals surface area contributed by atoms with Crippen molar-refractivity contribution >= 4 is 28.8 Å². The second-order valence-corrected chi connectivity index (χ2v) is 7.00. The van der Waals surface area contributed by atoms with Crippen LogP contribution in [0.25, 0.3) is 4.85 Å². The van der Waals surface area contributed by atoms with Gasteiger partial charge in [0.2, 0.25) is 5.69 Å². The van der Waals surface area contributed by atoms with Gasteiger partial charge in [-0.05, 0) is 69.0 Å². The van der Waals surface area contributed by atoms with E-state index in [4.69, 9.17) is 22.9 Å². The van der Waals surface area contributed by atoms with Crippen LogP contribution in [0.15, 0.2) is 42.5 Å². The Morgan fingerprint density at radius 2 is 1.85 bits per heavy atom. The van der Waals surface area contributed by atoms with E-state index in [0.29, 0.717) is 16.8 Å². The molecule has 2 aromatic rings. The van der Waals surface area contributed by atoms with Crippen LogP contribution in [0.3, 0.4) is 0 Å². The highest BCUT2D eigenvalue weighted by Crippen LogP contribution is 2.31. The number of rotatable bonds is 5. The van der Waals surface area contributed by atoms with Crippen LogP contribution in [-0.2, 0) is 0 Å². The molecule has 1 fully saturated rings. The molecule has 0 aromatic heterocycles. The number of hydrogen-bond donors (Lipinski definition) is 1. The number of hydrogen-bond acceptors (Lipinski definition) is 3. The molecule has 0 atom stereocenters. The van der Waals surface area contributed by atoms with Gasteiger partial charge in [0.1, 0.15) is 5.75 Å². The number of benzene rings is 2. The van der Waals surface area contributed by atoms with E-state index in [9.17, 15) is 4.79 Å². The van der Waals surface area contributed by atoms with E-state index in [0.717, 1.165) is 42.7 Å². The minimum absolute atomic E-state index is 0.0822. The van der Waals surface area contributed by atoms with Gasteiger partial charge >= 0.3 is 0 Å². The van der Waals surface area contributed by atoms with Gasteiger partial charge in [-0.2, -0.15) is 0 Å². The van der Waals surface area contributed by atoms with Gasteiger partial charge in [0.15, 0.2) is 5.78 Å². The summed E-state index contributed by atoms with van der Waals surface area (Å²) in [5.41, 5.74) is 2.22. The zero-order valence-electron chi connectivity index (χ0n) is 14.7. The summed E-state index contributed by atoms with van der Waals surface area (Å²) in [6.07, 6.45) is 4.14. The molecule has 0 spiro atoms. The van der Waals surface area contributed by atoms with Crippen molar-refractivity contribution in [3.05, 3.63) is 64.5 Å². The molecule has 0 saturated heterocycles. The fourth-order valence-electron chi connectivity index (χ4n) is 3.21. The summed E-state index contributed by atoms with van der Waals surface area (Å²) >= 11 is 6.07. The SMILES string of the molecule is [C-]#[N+]c1ccc(OC2CCC(Nc3ccc(C(C)=O)cc3)CC2)cc1Cl. The molecule has 5 heteroatoms. The van der Waals surface area contributed by atoms with Crippen LogP contribution in [-0.4, -0.2) is 17.9 Å². The first-order chi connectivity index (χ1) is 12.5. The van der Waals surface area contributed by atoms with Crippen molar-refractivity contribution in [2.45, 2.75) is 44.8 Å². The molecule has 0 radical (unpaired) electrons. The van der Waals surface area contributed by atoms with Gasteiger partial charge in [0.25, 0.3) is 0 Å². The lowest BCUT2D eigenvalue weighted by molar-refractivity contribution is 0.101. The number of ketones is 1. The van der Waals surface area contributed by atoms with Crippen LogP contribution in [0.5, 0.6) is 5.75 Å². The lowest BCUT2D eigenvalue weighted by Crippen LogP contribution is -2.31. The lowest BCUT2D eigenvalue weighted by atomic mass is 9.92. The molecule has 0 aliphatic heterocycles. The zero-order valence-corrected chi connectivity index (χ0v) is 15.4. The molecule has 1 aliphatic rings. The number of ether oxygens (including phenoxy) is 1. The summed E-state index contributed by atoms with van der Waals surface area (Å²) in [4.78, 5) is 14.7. The minimum atomic E-state index is 0.0822. The molecule has 0 heterocycles. The van der Waals surface area contributed by atoms with Crippen LogP contribution < -0.4 is 10.1 Å². The molecule has 3 rings (SSSR count). The number of carbonyl (C=O) groups is 1. The van der Waals surface area contributed by atoms with Crippen molar-refractivity contribution in [3.63, 3.8) is 0 Å². The van der Waals surface area contributed by atoms with E-state index in [1.807, 2.05) is 24.3 Å². The molecule has 0 bridgehead atoms. The van der Waals surface area contributed by atoms with Crippen LogP contribution in [0.4, 0.5) is 11.4 Å². The molecule has 26 heavy (non-hydrogen) atoms. The first-order valence-corrected chi connectivity index (χ1v) is 9.14. The molecule has 0 amide bonds. The van der Waals surface area contributed by atoms with E-state index in [2.05, 4.69) is 10.2 Å². The largest absolute Gasteiger partial charge is 0.490 e. The summed E-state index contributed by atoms with van der Waals surface area (Å²) in [6.45, 7) is 8.61. The second kappa shape index (κ2) is 8.25. The standard InChI is InChI=1S/C21H21ClN2O2/c1-14(25)15-3-5-16(6-4-15)24-17-7-9-18(10-8-17)26-19-11-12-21(23-2)20(22)13-19/h3-6,11-13,17-18,24H,7-10H2,1H3. The lowest BCUT2D eigenvalue weighted by Gasteiger charge is -2.30. The van der Waals surface area contributed by atoms with Crippen molar-refractivity contribution in [2.24, 2.45) is 0 Å². The van der Waals surface area contributed by atoms with E-state index in [1.54, 1.807) is 25.1 Å². The van der Waals surface area contributed by atoms with Crippen LogP contribution >= 0.6 is 11.6 Å². The number of nitrogens with zero attached hydrogens (tertiary/aromatic N) is 1. The van der Waals surface area contributed by atoms with Gasteiger partial charge in [0, 0.05) is 17.3 Å². The number of anilines is 1. The summed E-state index contributed by atoms with van der Waals surface area (Å²) < 4.78 is 6.02. The predicted molar refractivity (Wildman–Crippen MR) is 104 cm³/mol. The number of carbonyl (C=O) groups excluding carboxylic acids is 1. The smallest absolute Gasteiger partial charge is 0.205 e. The molecular weight excluding hydrogens is 348 g/mol. The Morgan fingerprint density at radius 1 is 1.15 bits per heavy atom. The summed E-state index contributed by atoms with van der Waals surface area (Å²) in [7, 11) is 0. The molecule has 0 unspecified atom stereocenters. The molecular formula is C21H21ClN2O2. The highest BCUT2D eigenvalue weighted by atomic mass is 35.5. The maximum Gasteiger partial charge on any atom is 0.205 e. The van der Waals surface area contributed by atoms with Crippen LogP contribution in [0, 0.1) is 6.57 Å². The third-order valence-electron chi connectivity index (χ3n) is 4.68. The fraction of sp³-hybridized carbons (Fsp3) is 0.333.